The first-order chi connectivity index (χ1) is 12.1. The van der Waals surface area contributed by atoms with Gasteiger partial charge in [-0.3, -0.25) is 14.9 Å². The van der Waals surface area contributed by atoms with Crippen LogP contribution in [-0.2, 0) is 4.79 Å². The van der Waals surface area contributed by atoms with Crippen LogP contribution >= 0.6 is 0 Å². The lowest BCUT2D eigenvalue weighted by Crippen LogP contribution is -2.55. The van der Waals surface area contributed by atoms with E-state index in [0.717, 1.165) is 5.56 Å². The number of hydrogen-bond donors (Lipinski definition) is 3. The number of hydrogen-bond acceptors (Lipinski definition) is 6. The summed E-state index contributed by atoms with van der Waals surface area (Å²) < 4.78 is 0. The number of amides is 4. The predicted molar refractivity (Wildman–Crippen MR) is 84.2 cm³/mol. The molecule has 2 aliphatic rings. The van der Waals surface area contributed by atoms with Gasteiger partial charge in [0.15, 0.2) is 0 Å². The molecular formula is C15H15N7O3. The van der Waals surface area contributed by atoms with E-state index in [2.05, 4.69) is 31.3 Å². The van der Waals surface area contributed by atoms with Gasteiger partial charge in [-0.05, 0) is 30.2 Å². The average Bonchev–Trinajstić information content (AvgIpc) is 3.24. The lowest BCUT2D eigenvalue weighted by atomic mass is 9.87. The Morgan fingerprint density at radius 1 is 1.12 bits per heavy atom. The van der Waals surface area contributed by atoms with Crippen molar-refractivity contribution < 1.29 is 14.4 Å². The third-order valence-electron chi connectivity index (χ3n) is 4.65. The number of benzene rings is 1. The molecule has 128 valence electrons. The van der Waals surface area contributed by atoms with Crippen molar-refractivity contribution in [2.45, 2.75) is 18.4 Å². The van der Waals surface area contributed by atoms with Crippen LogP contribution in [0.3, 0.4) is 0 Å². The van der Waals surface area contributed by atoms with Gasteiger partial charge >= 0.3 is 6.03 Å². The van der Waals surface area contributed by atoms with Crippen molar-refractivity contribution in [3.05, 3.63) is 29.8 Å². The van der Waals surface area contributed by atoms with Crippen LogP contribution < -0.4 is 10.6 Å². The van der Waals surface area contributed by atoms with Crippen LogP contribution in [0.2, 0.25) is 0 Å². The van der Waals surface area contributed by atoms with E-state index in [0.29, 0.717) is 37.3 Å². The molecule has 10 heteroatoms. The zero-order valence-electron chi connectivity index (χ0n) is 13.2. The molecule has 4 amide bonds. The summed E-state index contributed by atoms with van der Waals surface area (Å²) in [5, 5.41) is 18.6. The molecule has 25 heavy (non-hydrogen) atoms. The standard InChI is InChI=1S/C15H15N7O3/c23-12(10-3-1-9(2-4-10)11-18-20-21-19-11)22-7-5-15(6-8-22)13(24)16-14(25)17-15/h1-4H,5-8H2,(H2,16,17,24,25)(H,18,19,20,21). The van der Waals surface area contributed by atoms with E-state index >= 15 is 0 Å². The summed E-state index contributed by atoms with van der Waals surface area (Å²) in [7, 11) is 0. The Morgan fingerprint density at radius 3 is 2.40 bits per heavy atom. The largest absolute Gasteiger partial charge is 0.338 e. The van der Waals surface area contributed by atoms with Crippen molar-refractivity contribution in [1.29, 1.82) is 0 Å². The molecule has 10 nitrogen and oxygen atoms in total. The van der Waals surface area contributed by atoms with Crippen LogP contribution in [-0.4, -0.2) is 62.0 Å². The summed E-state index contributed by atoms with van der Waals surface area (Å²) >= 11 is 0. The van der Waals surface area contributed by atoms with Crippen LogP contribution in [0, 0.1) is 0 Å². The molecule has 3 heterocycles. The Kier molecular flexibility index (Phi) is 3.45. The van der Waals surface area contributed by atoms with Crippen molar-refractivity contribution in [3.63, 3.8) is 0 Å². The topological polar surface area (TPSA) is 133 Å². The van der Waals surface area contributed by atoms with E-state index in [1.54, 1.807) is 29.2 Å². The summed E-state index contributed by atoms with van der Waals surface area (Å²) in [6.07, 6.45) is 0.800. The fourth-order valence-electron chi connectivity index (χ4n) is 3.20. The van der Waals surface area contributed by atoms with Crippen LogP contribution in [0.4, 0.5) is 4.79 Å². The first-order valence-corrected chi connectivity index (χ1v) is 7.84. The second-order valence-electron chi connectivity index (χ2n) is 6.10. The molecule has 0 unspecified atom stereocenters. The maximum Gasteiger partial charge on any atom is 0.322 e. The van der Waals surface area contributed by atoms with Gasteiger partial charge in [0.25, 0.3) is 11.8 Å². The third kappa shape index (κ3) is 2.61. The highest BCUT2D eigenvalue weighted by Gasteiger charge is 2.48. The van der Waals surface area contributed by atoms with E-state index in [-0.39, 0.29) is 11.8 Å². The minimum atomic E-state index is -0.879. The Morgan fingerprint density at radius 2 is 1.84 bits per heavy atom. The number of imide groups is 1. The lowest BCUT2D eigenvalue weighted by Gasteiger charge is -2.37. The Labute approximate surface area is 142 Å². The molecule has 1 aromatic carbocycles. The normalized spacial score (nSPS) is 19.0. The van der Waals surface area contributed by atoms with Crippen molar-refractivity contribution in [1.82, 2.24) is 36.2 Å². The smallest absolute Gasteiger partial charge is 0.322 e. The molecule has 3 N–H and O–H groups in total. The van der Waals surface area contributed by atoms with Gasteiger partial charge < -0.3 is 10.2 Å². The van der Waals surface area contributed by atoms with Gasteiger partial charge in [0.1, 0.15) is 5.54 Å². The molecule has 1 aromatic heterocycles. The molecular weight excluding hydrogens is 326 g/mol. The molecule has 0 saturated carbocycles. The van der Waals surface area contributed by atoms with Crippen LogP contribution in [0.15, 0.2) is 24.3 Å². The van der Waals surface area contributed by atoms with Crippen LogP contribution in [0.5, 0.6) is 0 Å². The fourth-order valence-corrected chi connectivity index (χ4v) is 3.20. The second kappa shape index (κ2) is 5.65. The fraction of sp³-hybridized carbons (Fsp3) is 0.333. The molecule has 2 aromatic rings. The number of aromatic amines is 1. The number of nitrogens with zero attached hydrogens (tertiary/aromatic N) is 4. The monoisotopic (exact) mass is 341 g/mol. The molecule has 2 saturated heterocycles. The van der Waals surface area contributed by atoms with Gasteiger partial charge in [0.2, 0.25) is 5.82 Å². The highest BCUT2D eigenvalue weighted by molar-refractivity contribution is 6.07. The summed E-state index contributed by atoms with van der Waals surface area (Å²) in [6.45, 7) is 0.804. The number of urea groups is 1. The average molecular weight is 341 g/mol. The number of aromatic nitrogens is 4. The van der Waals surface area contributed by atoms with Gasteiger partial charge in [-0.15, -0.1) is 10.2 Å². The minimum absolute atomic E-state index is 0.112. The van der Waals surface area contributed by atoms with E-state index in [4.69, 9.17) is 0 Å². The van der Waals surface area contributed by atoms with E-state index in [9.17, 15) is 14.4 Å². The van der Waals surface area contributed by atoms with Gasteiger partial charge in [-0.2, -0.15) is 5.21 Å². The first-order valence-electron chi connectivity index (χ1n) is 7.84. The number of piperidine rings is 1. The molecule has 0 aliphatic carbocycles. The highest BCUT2D eigenvalue weighted by atomic mass is 16.2. The Balaban J connectivity index is 1.44. The maximum absolute atomic E-state index is 12.6. The molecule has 4 rings (SSSR count). The van der Waals surface area contributed by atoms with Crippen molar-refractivity contribution in [3.8, 4) is 11.4 Å². The maximum atomic E-state index is 12.6. The number of nitrogens with one attached hydrogen (secondary N) is 3. The van der Waals surface area contributed by atoms with Crippen molar-refractivity contribution in [2.75, 3.05) is 13.1 Å². The number of tetrazole rings is 1. The minimum Gasteiger partial charge on any atom is -0.338 e. The summed E-state index contributed by atoms with van der Waals surface area (Å²) in [5.41, 5.74) is 0.424. The molecule has 0 atom stereocenters. The molecule has 2 aliphatic heterocycles. The van der Waals surface area contributed by atoms with Gasteiger partial charge in [-0.25, -0.2) is 4.79 Å². The van der Waals surface area contributed by atoms with Crippen LogP contribution in [0.1, 0.15) is 23.2 Å². The predicted octanol–water partition coefficient (Wildman–Crippen LogP) is -0.319. The molecule has 0 radical (unpaired) electrons. The third-order valence-corrected chi connectivity index (χ3v) is 4.65. The first kappa shape index (κ1) is 15.2. The Bertz CT molecular complexity index is 823. The number of likely N-dealkylation sites (tertiary alicyclic amines) is 1. The summed E-state index contributed by atoms with van der Waals surface area (Å²) in [6, 6.07) is 6.47. The zero-order chi connectivity index (χ0) is 17.4. The second-order valence-corrected chi connectivity index (χ2v) is 6.10. The van der Waals surface area contributed by atoms with E-state index in [1.807, 2.05) is 0 Å². The number of rotatable bonds is 2. The van der Waals surface area contributed by atoms with E-state index in [1.165, 1.54) is 0 Å². The van der Waals surface area contributed by atoms with Gasteiger partial charge in [0, 0.05) is 24.2 Å². The number of H-pyrrole nitrogens is 1. The van der Waals surface area contributed by atoms with Crippen molar-refractivity contribution >= 4 is 17.8 Å². The Hall–Kier alpha value is -3.30. The summed E-state index contributed by atoms with van der Waals surface area (Å²) in [4.78, 5) is 37.6. The zero-order valence-corrected chi connectivity index (χ0v) is 13.2. The van der Waals surface area contributed by atoms with E-state index < -0.39 is 11.6 Å². The highest BCUT2D eigenvalue weighted by Crippen LogP contribution is 2.26. The quantitative estimate of drug-likeness (QED) is 0.641. The summed E-state index contributed by atoms with van der Waals surface area (Å²) in [5.74, 6) is 0.0372. The molecule has 1 spiro atoms. The van der Waals surface area contributed by atoms with Gasteiger partial charge in [0.05, 0.1) is 0 Å². The molecule has 0 bridgehead atoms. The SMILES string of the molecule is O=C1NC(=O)C2(CCN(C(=O)c3ccc(-c4nn[nH]n4)cc3)CC2)N1. The number of carbonyl (C=O) groups is 3. The van der Waals surface area contributed by atoms with Crippen molar-refractivity contribution in [2.24, 2.45) is 0 Å². The van der Waals surface area contributed by atoms with Crippen LogP contribution in [0.25, 0.3) is 11.4 Å². The lowest BCUT2D eigenvalue weighted by molar-refractivity contribution is -0.125. The molecule has 2 fully saturated rings. The van der Waals surface area contributed by atoms with Gasteiger partial charge in [-0.1, -0.05) is 12.1 Å². The number of carbonyl (C=O) groups excluding carboxylic acids is 3.